The standard InChI is InChI=1S/C21H23ClN2O3S/c1-3-12-27-19-10-5-16(14-20(19)26-4-2)15-23-24-21(25)11-13-28-18-8-6-17(22)7-9-18/h3,5-10,14-15H,1,4,11-13H2,2H3,(H,24,25)/b23-15+. The van der Waals surface area contributed by atoms with Crippen LogP contribution in [0, 0.1) is 0 Å². The molecule has 0 unspecified atom stereocenters. The summed E-state index contributed by atoms with van der Waals surface area (Å²) in [5.74, 6) is 1.78. The first-order valence-corrected chi connectivity index (χ1v) is 10.2. The van der Waals surface area contributed by atoms with Gasteiger partial charge in [-0.3, -0.25) is 4.79 Å². The van der Waals surface area contributed by atoms with E-state index in [-0.39, 0.29) is 5.91 Å². The molecule has 0 spiro atoms. The van der Waals surface area contributed by atoms with Crippen LogP contribution in [0.5, 0.6) is 11.5 Å². The number of amides is 1. The smallest absolute Gasteiger partial charge is 0.240 e. The summed E-state index contributed by atoms with van der Waals surface area (Å²) in [7, 11) is 0. The summed E-state index contributed by atoms with van der Waals surface area (Å²) >= 11 is 7.45. The van der Waals surface area contributed by atoms with Crippen molar-refractivity contribution in [3.8, 4) is 11.5 Å². The van der Waals surface area contributed by atoms with Gasteiger partial charge in [0.05, 0.1) is 12.8 Å². The van der Waals surface area contributed by atoms with E-state index in [1.807, 2.05) is 43.3 Å². The first-order valence-electron chi connectivity index (χ1n) is 8.83. The molecule has 0 aliphatic carbocycles. The van der Waals surface area contributed by atoms with Crippen LogP contribution in [-0.2, 0) is 4.79 Å². The van der Waals surface area contributed by atoms with Gasteiger partial charge in [0.1, 0.15) is 6.61 Å². The highest BCUT2D eigenvalue weighted by Crippen LogP contribution is 2.28. The van der Waals surface area contributed by atoms with Crippen LogP contribution in [-0.4, -0.2) is 31.1 Å². The predicted octanol–water partition coefficient (Wildman–Crippen LogP) is 4.94. The van der Waals surface area contributed by atoms with Gasteiger partial charge in [0.25, 0.3) is 0 Å². The Balaban J connectivity index is 1.82. The molecule has 1 N–H and O–H groups in total. The van der Waals surface area contributed by atoms with Crippen molar-refractivity contribution < 1.29 is 14.3 Å². The maximum Gasteiger partial charge on any atom is 0.240 e. The summed E-state index contributed by atoms with van der Waals surface area (Å²) in [5.41, 5.74) is 3.33. The third-order valence-corrected chi connectivity index (χ3v) is 4.70. The van der Waals surface area contributed by atoms with E-state index >= 15 is 0 Å². The number of nitrogens with one attached hydrogen (secondary N) is 1. The van der Waals surface area contributed by atoms with Crippen molar-refractivity contribution in [2.45, 2.75) is 18.2 Å². The zero-order valence-electron chi connectivity index (χ0n) is 15.7. The minimum Gasteiger partial charge on any atom is -0.490 e. The lowest BCUT2D eigenvalue weighted by Crippen LogP contribution is -2.17. The molecule has 0 bridgehead atoms. The van der Waals surface area contributed by atoms with Crippen molar-refractivity contribution in [2.75, 3.05) is 19.0 Å². The minimum atomic E-state index is -0.145. The van der Waals surface area contributed by atoms with Crippen LogP contribution in [0.3, 0.4) is 0 Å². The van der Waals surface area contributed by atoms with Gasteiger partial charge in [0.15, 0.2) is 11.5 Å². The second-order valence-corrected chi connectivity index (χ2v) is 7.19. The first-order chi connectivity index (χ1) is 13.6. The molecule has 0 aromatic heterocycles. The average Bonchev–Trinajstić information content (AvgIpc) is 2.69. The molecule has 148 valence electrons. The SMILES string of the molecule is C=CCOc1ccc(/C=N/NC(=O)CCSc2ccc(Cl)cc2)cc1OCC. The van der Waals surface area contributed by atoms with E-state index in [1.165, 1.54) is 0 Å². The lowest BCUT2D eigenvalue weighted by Gasteiger charge is -2.11. The summed E-state index contributed by atoms with van der Waals surface area (Å²) in [4.78, 5) is 13.0. The number of ether oxygens (including phenoxy) is 2. The van der Waals surface area contributed by atoms with Crippen molar-refractivity contribution in [3.63, 3.8) is 0 Å². The quantitative estimate of drug-likeness (QED) is 0.243. The molecule has 0 radical (unpaired) electrons. The fourth-order valence-electron chi connectivity index (χ4n) is 2.17. The number of carbonyl (C=O) groups excluding carboxylic acids is 1. The second kappa shape index (κ2) is 12.1. The summed E-state index contributed by atoms with van der Waals surface area (Å²) in [5, 5.41) is 4.71. The maximum atomic E-state index is 11.9. The molecule has 0 atom stereocenters. The molecule has 1 amide bonds. The molecule has 0 aliphatic heterocycles. The number of hydrogen-bond acceptors (Lipinski definition) is 5. The van der Waals surface area contributed by atoms with Crippen LogP contribution < -0.4 is 14.9 Å². The molecule has 2 aromatic carbocycles. The van der Waals surface area contributed by atoms with Crippen LogP contribution in [0.2, 0.25) is 5.02 Å². The van der Waals surface area contributed by atoms with E-state index < -0.39 is 0 Å². The normalized spacial score (nSPS) is 10.6. The summed E-state index contributed by atoms with van der Waals surface area (Å²) in [6.07, 6.45) is 3.61. The Morgan fingerprint density at radius 3 is 2.71 bits per heavy atom. The average molecular weight is 419 g/mol. The van der Waals surface area contributed by atoms with Crippen molar-refractivity contribution in [1.82, 2.24) is 5.43 Å². The van der Waals surface area contributed by atoms with Crippen LogP contribution in [0.1, 0.15) is 18.9 Å². The molecule has 2 aromatic rings. The van der Waals surface area contributed by atoms with Crippen molar-refractivity contribution in [3.05, 3.63) is 65.7 Å². The largest absolute Gasteiger partial charge is 0.490 e. The summed E-state index contributed by atoms with van der Waals surface area (Å²) in [6, 6.07) is 13.0. The van der Waals surface area contributed by atoms with Gasteiger partial charge >= 0.3 is 0 Å². The second-order valence-electron chi connectivity index (χ2n) is 5.58. The molecule has 0 saturated heterocycles. The van der Waals surface area contributed by atoms with Crippen LogP contribution in [0.4, 0.5) is 0 Å². The van der Waals surface area contributed by atoms with E-state index in [4.69, 9.17) is 21.1 Å². The minimum absolute atomic E-state index is 0.145. The van der Waals surface area contributed by atoms with Gasteiger partial charge in [0.2, 0.25) is 5.91 Å². The van der Waals surface area contributed by atoms with E-state index in [0.29, 0.717) is 41.9 Å². The fourth-order valence-corrected chi connectivity index (χ4v) is 3.15. The Bertz CT molecular complexity index is 810. The van der Waals surface area contributed by atoms with Gasteiger partial charge in [0, 0.05) is 22.1 Å². The topological polar surface area (TPSA) is 59.9 Å². The molecule has 7 heteroatoms. The highest BCUT2D eigenvalue weighted by Gasteiger charge is 2.06. The van der Waals surface area contributed by atoms with Crippen molar-refractivity contribution in [1.29, 1.82) is 0 Å². The molecule has 0 saturated carbocycles. The zero-order chi connectivity index (χ0) is 20.2. The molecular weight excluding hydrogens is 396 g/mol. The number of carbonyl (C=O) groups is 1. The molecule has 0 fully saturated rings. The molecule has 5 nitrogen and oxygen atoms in total. The lowest BCUT2D eigenvalue weighted by molar-refractivity contribution is -0.120. The van der Waals surface area contributed by atoms with Gasteiger partial charge < -0.3 is 9.47 Å². The van der Waals surface area contributed by atoms with Crippen LogP contribution in [0.15, 0.2) is 65.1 Å². The number of thioether (sulfide) groups is 1. The van der Waals surface area contributed by atoms with Gasteiger partial charge in [-0.15, -0.1) is 11.8 Å². The molecule has 2 rings (SSSR count). The third-order valence-electron chi connectivity index (χ3n) is 3.44. The van der Waals surface area contributed by atoms with Crippen molar-refractivity contribution >= 4 is 35.5 Å². The number of benzene rings is 2. The zero-order valence-corrected chi connectivity index (χ0v) is 17.3. The number of hydrogen-bond donors (Lipinski definition) is 1. The fraction of sp³-hybridized carbons (Fsp3) is 0.238. The highest BCUT2D eigenvalue weighted by atomic mass is 35.5. The third kappa shape index (κ3) is 7.66. The lowest BCUT2D eigenvalue weighted by atomic mass is 10.2. The number of nitrogens with zero attached hydrogens (tertiary/aromatic N) is 1. The number of halogens is 1. The van der Waals surface area contributed by atoms with E-state index in [0.717, 1.165) is 10.5 Å². The molecule has 28 heavy (non-hydrogen) atoms. The van der Waals surface area contributed by atoms with E-state index in [1.54, 1.807) is 30.1 Å². The van der Waals surface area contributed by atoms with Crippen LogP contribution >= 0.6 is 23.4 Å². The summed E-state index contributed by atoms with van der Waals surface area (Å²) in [6.45, 7) is 6.46. The van der Waals surface area contributed by atoms with Crippen LogP contribution in [0.25, 0.3) is 0 Å². The number of hydrazone groups is 1. The molecule has 0 heterocycles. The van der Waals surface area contributed by atoms with Gasteiger partial charge in [-0.1, -0.05) is 24.3 Å². The monoisotopic (exact) mass is 418 g/mol. The Kier molecular flexibility index (Phi) is 9.45. The molecule has 0 aliphatic rings. The van der Waals surface area contributed by atoms with Gasteiger partial charge in [-0.2, -0.15) is 5.10 Å². The van der Waals surface area contributed by atoms with E-state index in [9.17, 15) is 4.79 Å². The first kappa shape index (κ1) is 21.9. The van der Waals surface area contributed by atoms with Crippen molar-refractivity contribution in [2.24, 2.45) is 5.10 Å². The van der Waals surface area contributed by atoms with Gasteiger partial charge in [-0.25, -0.2) is 5.43 Å². The van der Waals surface area contributed by atoms with E-state index in [2.05, 4.69) is 17.1 Å². The highest BCUT2D eigenvalue weighted by molar-refractivity contribution is 7.99. The summed E-state index contributed by atoms with van der Waals surface area (Å²) < 4.78 is 11.1. The Hall–Kier alpha value is -2.44. The Morgan fingerprint density at radius 2 is 2.00 bits per heavy atom. The Labute approximate surface area is 174 Å². The molecular formula is C21H23ClN2O3S. The van der Waals surface area contributed by atoms with Gasteiger partial charge in [-0.05, 0) is 55.0 Å². The number of rotatable bonds is 11. The maximum absolute atomic E-state index is 11.9. The Morgan fingerprint density at radius 1 is 1.21 bits per heavy atom. The predicted molar refractivity (Wildman–Crippen MR) is 116 cm³/mol.